The van der Waals surface area contributed by atoms with Crippen LogP contribution < -0.4 is 21.3 Å². The maximum absolute atomic E-state index is 12.7. The number of allylic oxidation sites excluding steroid dienone is 1. The fourth-order valence-electron chi connectivity index (χ4n) is 6.47. The van der Waals surface area contributed by atoms with Gasteiger partial charge < -0.3 is 30.8 Å². The number of carbonyl (C=O) groups is 4. The van der Waals surface area contributed by atoms with Gasteiger partial charge in [-0.2, -0.15) is 12.6 Å². The van der Waals surface area contributed by atoms with Crippen LogP contribution in [0.3, 0.4) is 0 Å². The molecule has 0 saturated carbocycles. The van der Waals surface area contributed by atoms with Gasteiger partial charge in [-0.15, -0.1) is 0 Å². The van der Waals surface area contributed by atoms with Crippen molar-refractivity contribution in [2.75, 3.05) is 11.5 Å². The summed E-state index contributed by atoms with van der Waals surface area (Å²) in [7, 11) is 0. The molecule has 2 fully saturated rings. The molecule has 0 aromatic carbocycles. The summed E-state index contributed by atoms with van der Waals surface area (Å²) in [5, 5.41) is 26.9. The molecule has 2 amide bonds. The highest BCUT2D eigenvalue weighted by molar-refractivity contribution is 7.87. The quantitative estimate of drug-likeness (QED) is 0.105. The van der Waals surface area contributed by atoms with Crippen LogP contribution >= 0.6 is 12.6 Å². The van der Waals surface area contributed by atoms with E-state index in [-0.39, 0.29) is 42.5 Å². The number of aromatic nitrogens is 2. The van der Waals surface area contributed by atoms with Crippen LogP contribution in [-0.2, 0) is 43.8 Å². The summed E-state index contributed by atoms with van der Waals surface area (Å²) in [5.74, 6) is -0.392. The Hall–Kier alpha value is -3.64. The lowest BCUT2D eigenvalue weighted by Gasteiger charge is -2.12. The second-order valence-electron chi connectivity index (χ2n) is 12.1. The lowest BCUT2D eigenvalue weighted by Crippen LogP contribution is -2.29. The van der Waals surface area contributed by atoms with Gasteiger partial charge in [0.05, 0.1) is 11.6 Å². The number of carboxylic acid groups (broad SMARTS) is 2. The van der Waals surface area contributed by atoms with Crippen LogP contribution in [0.4, 0.5) is 0 Å². The molecule has 45 heavy (non-hydrogen) atoms. The predicted molar refractivity (Wildman–Crippen MR) is 180 cm³/mol. The topological polar surface area (TPSA) is 164 Å². The number of carboxylic acids is 2. The first kappa shape index (κ1) is 32.7. The molecule has 0 bridgehead atoms. The summed E-state index contributed by atoms with van der Waals surface area (Å²) >= 11 is 5.66. The van der Waals surface area contributed by atoms with E-state index in [9.17, 15) is 29.4 Å². The van der Waals surface area contributed by atoms with E-state index in [0.29, 0.717) is 29.5 Å². The Balaban J connectivity index is 1.62. The number of aliphatic carboxylic acids is 2. The largest absolute Gasteiger partial charge is 0.481 e. The van der Waals surface area contributed by atoms with Crippen LogP contribution in [0.15, 0.2) is 16.8 Å². The van der Waals surface area contributed by atoms with Crippen LogP contribution in [0.5, 0.6) is 0 Å². The highest BCUT2D eigenvalue weighted by Gasteiger charge is 2.46. The molecule has 3 aliphatic heterocycles. The number of thiol groups is 2. The van der Waals surface area contributed by atoms with Crippen LogP contribution in [0, 0.1) is 25.7 Å². The predicted octanol–water partition coefficient (Wildman–Crippen LogP) is 1.66. The fourth-order valence-corrected chi connectivity index (χ4v) is 7.54. The van der Waals surface area contributed by atoms with Gasteiger partial charge in [-0.05, 0) is 104 Å². The zero-order chi connectivity index (χ0) is 32.6. The van der Waals surface area contributed by atoms with E-state index in [2.05, 4.69) is 33.2 Å². The Morgan fingerprint density at radius 2 is 1.62 bits per heavy atom. The summed E-state index contributed by atoms with van der Waals surface area (Å²) in [6, 6.07) is -0.257. The number of H-pyrrole nitrogens is 2. The summed E-state index contributed by atoms with van der Waals surface area (Å²) in [4.78, 5) is 55.3. The molecule has 5 heterocycles. The van der Waals surface area contributed by atoms with Crippen molar-refractivity contribution in [3.63, 3.8) is 0 Å². The summed E-state index contributed by atoms with van der Waals surface area (Å²) in [6.07, 6.45) is 7.06. The smallest absolute Gasteiger partial charge is 0.303 e. The first-order valence-electron chi connectivity index (χ1n) is 15.3. The summed E-state index contributed by atoms with van der Waals surface area (Å²) < 4.78 is 0. The monoisotopic (exact) mass is 653 g/mol. The minimum Gasteiger partial charge on any atom is -0.481 e. The number of nitrogens with one attached hydrogen (secondary N) is 4. The van der Waals surface area contributed by atoms with Crippen molar-refractivity contribution in [3.05, 3.63) is 61.2 Å². The van der Waals surface area contributed by atoms with Gasteiger partial charge in [-0.3, -0.25) is 19.2 Å². The maximum Gasteiger partial charge on any atom is 0.303 e. The van der Waals surface area contributed by atoms with Crippen molar-refractivity contribution in [1.82, 2.24) is 20.6 Å². The van der Waals surface area contributed by atoms with E-state index in [4.69, 9.17) is 0 Å². The minimum absolute atomic E-state index is 0.00733. The SMILES string of the molecule is CC1=C([C@H]2C[SH+]2)C(=O)N[C@@H]1/C=c1/[nH]/c(=C\c2[nH]c(/C=C3\NC(=O)[C@H](C)[C@H]3CCS)c(C)c2CCC(=O)O)c(CCC(=O)O)c1C. The Kier molecular flexibility index (Phi) is 9.74. The summed E-state index contributed by atoms with van der Waals surface area (Å²) in [6.45, 7) is 7.77. The molecular formula is C33H41N4O6S2+. The molecule has 240 valence electrons. The van der Waals surface area contributed by atoms with E-state index in [0.717, 1.165) is 67.7 Å². The average molecular weight is 654 g/mol. The molecule has 3 aliphatic rings. The third kappa shape index (κ3) is 6.96. The van der Waals surface area contributed by atoms with Gasteiger partial charge in [0.2, 0.25) is 5.91 Å². The standard InChI is InChI=1S/C33H40N4O6S2/c1-15-19(5-7-29(38)39)25(34-22(15)11-24-18(4)31(28-14-45-28)33(43)36-24)13-26-20(6-8-30(40)41)16(2)23(35-26)12-27-21(9-10-44)17(3)32(42)37-27/h11-13,17,21,24,28,34-35,44H,5-10,14H2,1-4H3,(H,36,43)(H,37,42)(H,38,39)(H,40,41)/p+1/b22-11+,25-13-,27-12-/t17-,21-,24-,28-/m1/s1. The molecule has 4 atom stereocenters. The van der Waals surface area contributed by atoms with E-state index in [1.54, 1.807) is 0 Å². The van der Waals surface area contributed by atoms with Crippen LogP contribution in [0.25, 0.3) is 18.2 Å². The fraction of sp³-hybridized carbons (Fsp3) is 0.455. The Labute approximate surface area is 271 Å². The molecule has 10 nitrogen and oxygen atoms in total. The second-order valence-corrected chi connectivity index (χ2v) is 13.9. The van der Waals surface area contributed by atoms with E-state index >= 15 is 0 Å². The molecule has 6 N–H and O–H groups in total. The normalized spacial score (nSPS) is 24.6. The highest BCUT2D eigenvalue weighted by Crippen LogP contribution is 2.33. The number of rotatable bonds is 12. The molecule has 0 spiro atoms. The van der Waals surface area contributed by atoms with Gasteiger partial charge in [-0.1, -0.05) is 6.92 Å². The molecule has 2 saturated heterocycles. The zero-order valence-corrected chi connectivity index (χ0v) is 27.7. The molecule has 12 heteroatoms. The molecule has 5 rings (SSSR count). The number of carbonyl (C=O) groups excluding carboxylic acids is 2. The van der Waals surface area contributed by atoms with E-state index in [1.807, 2.05) is 45.9 Å². The maximum atomic E-state index is 12.7. The third-order valence-electron chi connectivity index (χ3n) is 9.25. The first-order chi connectivity index (χ1) is 21.4. The van der Waals surface area contributed by atoms with Crippen LogP contribution in [-0.4, -0.2) is 66.7 Å². The number of amides is 2. The lowest BCUT2D eigenvalue weighted by molar-refractivity contribution is -0.138. The number of aromatic amines is 2. The second kappa shape index (κ2) is 13.4. The number of hydrogen-bond donors (Lipinski definition) is 7. The summed E-state index contributed by atoms with van der Waals surface area (Å²) in [5.41, 5.74) is 7.66. The van der Waals surface area contributed by atoms with Crippen molar-refractivity contribution in [2.45, 2.75) is 71.1 Å². The average Bonchev–Trinajstić information content (AvgIpc) is 3.56. The van der Waals surface area contributed by atoms with Gasteiger partial charge in [0.25, 0.3) is 5.91 Å². The van der Waals surface area contributed by atoms with Crippen molar-refractivity contribution >= 4 is 66.4 Å². The van der Waals surface area contributed by atoms with E-state index < -0.39 is 11.9 Å². The molecule has 0 aliphatic carbocycles. The van der Waals surface area contributed by atoms with Gasteiger partial charge >= 0.3 is 11.9 Å². The van der Waals surface area contributed by atoms with Gasteiger partial charge in [0.15, 0.2) is 11.0 Å². The lowest BCUT2D eigenvalue weighted by atomic mass is 9.91. The molecule has 0 unspecified atom stereocenters. The van der Waals surface area contributed by atoms with Gasteiger partial charge in [-0.25, -0.2) is 0 Å². The highest BCUT2D eigenvalue weighted by atomic mass is 32.2. The van der Waals surface area contributed by atoms with Crippen molar-refractivity contribution in [1.29, 1.82) is 0 Å². The Bertz CT molecular complexity index is 1750. The van der Waals surface area contributed by atoms with Crippen molar-refractivity contribution in [3.8, 4) is 0 Å². The molecule has 2 aromatic rings. The third-order valence-corrected chi connectivity index (χ3v) is 10.5. The van der Waals surface area contributed by atoms with E-state index in [1.165, 1.54) is 11.8 Å². The van der Waals surface area contributed by atoms with Gasteiger partial charge in [0.1, 0.15) is 0 Å². The van der Waals surface area contributed by atoms with Crippen molar-refractivity contribution in [2.24, 2.45) is 11.8 Å². The Morgan fingerprint density at radius 1 is 0.956 bits per heavy atom. The zero-order valence-electron chi connectivity index (χ0n) is 25.9. The number of hydrogen-bond acceptors (Lipinski definition) is 5. The van der Waals surface area contributed by atoms with Crippen LogP contribution in [0.1, 0.15) is 66.8 Å². The first-order valence-corrected chi connectivity index (χ1v) is 17.0. The minimum atomic E-state index is -0.908. The molecule has 2 aromatic heterocycles. The molecule has 0 radical (unpaired) electrons. The molecular weight excluding hydrogens is 613 g/mol. The van der Waals surface area contributed by atoms with Gasteiger partial charge in [0, 0.05) is 52.5 Å². The van der Waals surface area contributed by atoms with Crippen molar-refractivity contribution < 1.29 is 29.4 Å². The van der Waals surface area contributed by atoms with Crippen LogP contribution in [0.2, 0.25) is 0 Å². The Morgan fingerprint density at radius 3 is 2.24 bits per heavy atom.